The molecule has 0 aliphatic heterocycles. The third kappa shape index (κ3) is 4.57. The molecule has 0 heterocycles. The molecule has 1 aromatic carbocycles. The molecule has 3 heteroatoms. The van der Waals surface area contributed by atoms with Crippen LogP contribution in [-0.4, -0.2) is 23.7 Å². The first kappa shape index (κ1) is 13.7. The van der Waals surface area contributed by atoms with E-state index in [4.69, 9.17) is 5.11 Å². The van der Waals surface area contributed by atoms with E-state index < -0.39 is 0 Å². The first-order chi connectivity index (χ1) is 8.02. The zero-order valence-corrected chi connectivity index (χ0v) is 10.8. The number of aryl methyl sites for hydroxylation is 3. The molecule has 0 fully saturated rings. The summed E-state index contributed by atoms with van der Waals surface area (Å²) in [5.74, 6) is -0.00785. The van der Waals surface area contributed by atoms with E-state index in [9.17, 15) is 4.79 Å². The van der Waals surface area contributed by atoms with Crippen LogP contribution in [0.25, 0.3) is 0 Å². The van der Waals surface area contributed by atoms with Crippen LogP contribution < -0.4 is 5.32 Å². The van der Waals surface area contributed by atoms with Crippen LogP contribution in [0.2, 0.25) is 0 Å². The predicted octanol–water partition coefficient (Wildman–Crippen LogP) is 1.73. The van der Waals surface area contributed by atoms with E-state index in [0.29, 0.717) is 6.42 Å². The van der Waals surface area contributed by atoms with Crippen LogP contribution in [0.5, 0.6) is 0 Å². The normalized spacial score (nSPS) is 12.2. The van der Waals surface area contributed by atoms with E-state index in [2.05, 4.69) is 37.4 Å². The summed E-state index contributed by atoms with van der Waals surface area (Å²) in [5, 5.41) is 11.6. The second-order valence-corrected chi connectivity index (χ2v) is 4.58. The van der Waals surface area contributed by atoms with Gasteiger partial charge < -0.3 is 10.4 Å². The Kier molecular flexibility index (Phi) is 5.16. The van der Waals surface area contributed by atoms with Gasteiger partial charge in [-0.25, -0.2) is 0 Å². The highest BCUT2D eigenvalue weighted by molar-refractivity contribution is 5.76. The minimum absolute atomic E-state index is 0.00785. The molecule has 0 aliphatic rings. The van der Waals surface area contributed by atoms with Crippen molar-refractivity contribution >= 4 is 5.91 Å². The molecule has 0 saturated heterocycles. The monoisotopic (exact) mass is 235 g/mol. The maximum Gasteiger partial charge on any atom is 0.220 e. The van der Waals surface area contributed by atoms with Gasteiger partial charge in [0.15, 0.2) is 0 Å². The molecule has 3 nitrogen and oxygen atoms in total. The zero-order valence-electron chi connectivity index (χ0n) is 10.8. The Labute approximate surface area is 103 Å². The fourth-order valence-electron chi connectivity index (χ4n) is 1.77. The number of hydrogen-bond donors (Lipinski definition) is 2. The Balaban J connectivity index is 2.47. The van der Waals surface area contributed by atoms with Crippen LogP contribution in [-0.2, 0) is 11.2 Å². The van der Waals surface area contributed by atoms with Crippen LogP contribution >= 0.6 is 0 Å². The van der Waals surface area contributed by atoms with Gasteiger partial charge in [-0.2, -0.15) is 0 Å². The number of aliphatic hydroxyl groups excluding tert-OH is 1. The number of aliphatic hydroxyl groups is 1. The minimum Gasteiger partial charge on any atom is -0.394 e. The number of nitrogens with one attached hydrogen (secondary N) is 1. The summed E-state index contributed by atoms with van der Waals surface area (Å²) in [4.78, 5) is 11.5. The first-order valence-corrected chi connectivity index (χ1v) is 5.99. The second-order valence-electron chi connectivity index (χ2n) is 4.58. The average Bonchev–Trinajstić information content (AvgIpc) is 2.27. The van der Waals surface area contributed by atoms with Crippen LogP contribution in [0.4, 0.5) is 0 Å². The van der Waals surface area contributed by atoms with E-state index >= 15 is 0 Å². The van der Waals surface area contributed by atoms with Gasteiger partial charge in [0.1, 0.15) is 0 Å². The molecule has 2 N–H and O–H groups in total. The van der Waals surface area contributed by atoms with Gasteiger partial charge in [-0.15, -0.1) is 0 Å². The summed E-state index contributed by atoms with van der Waals surface area (Å²) in [5.41, 5.74) is 3.68. The highest BCUT2D eigenvalue weighted by Gasteiger charge is 2.07. The molecule has 1 unspecified atom stereocenters. The van der Waals surface area contributed by atoms with Crippen LogP contribution in [0.1, 0.15) is 30.0 Å². The van der Waals surface area contributed by atoms with E-state index in [-0.39, 0.29) is 18.6 Å². The quantitative estimate of drug-likeness (QED) is 0.816. The minimum atomic E-state index is -0.165. The fourth-order valence-corrected chi connectivity index (χ4v) is 1.77. The molecular formula is C14H21NO2. The molecule has 0 aliphatic carbocycles. The third-order valence-corrected chi connectivity index (χ3v) is 2.80. The number of carbonyl (C=O) groups excluding carboxylic acids is 1. The molecule has 0 spiro atoms. The molecule has 1 rings (SSSR count). The van der Waals surface area contributed by atoms with E-state index in [1.54, 1.807) is 6.92 Å². The Morgan fingerprint density at radius 1 is 1.41 bits per heavy atom. The molecule has 1 aromatic rings. The van der Waals surface area contributed by atoms with Gasteiger partial charge in [0.2, 0.25) is 5.91 Å². The van der Waals surface area contributed by atoms with Gasteiger partial charge in [0, 0.05) is 12.5 Å². The van der Waals surface area contributed by atoms with E-state index in [1.165, 1.54) is 16.7 Å². The maximum atomic E-state index is 11.5. The van der Waals surface area contributed by atoms with Crippen molar-refractivity contribution in [3.05, 3.63) is 34.9 Å². The van der Waals surface area contributed by atoms with Gasteiger partial charge in [-0.1, -0.05) is 23.8 Å². The molecular weight excluding hydrogens is 214 g/mol. The topological polar surface area (TPSA) is 49.3 Å². The molecule has 0 radical (unpaired) electrons. The van der Waals surface area contributed by atoms with Gasteiger partial charge in [-0.3, -0.25) is 4.79 Å². The lowest BCUT2D eigenvalue weighted by molar-refractivity contribution is -0.121. The molecule has 17 heavy (non-hydrogen) atoms. The van der Waals surface area contributed by atoms with Crippen LogP contribution in [0.15, 0.2) is 18.2 Å². The molecule has 94 valence electrons. The summed E-state index contributed by atoms with van der Waals surface area (Å²) >= 11 is 0. The summed E-state index contributed by atoms with van der Waals surface area (Å²) < 4.78 is 0. The predicted molar refractivity (Wildman–Crippen MR) is 68.9 cm³/mol. The van der Waals surface area contributed by atoms with Crippen LogP contribution in [0, 0.1) is 13.8 Å². The van der Waals surface area contributed by atoms with Gasteiger partial charge >= 0.3 is 0 Å². The summed E-state index contributed by atoms with van der Waals surface area (Å²) in [7, 11) is 0. The average molecular weight is 235 g/mol. The van der Waals surface area contributed by atoms with Gasteiger partial charge in [0.05, 0.1) is 6.61 Å². The zero-order chi connectivity index (χ0) is 12.8. The SMILES string of the molecule is Cc1ccc(CCC(=O)NC(C)CO)c(C)c1. The summed E-state index contributed by atoms with van der Waals surface area (Å²) in [6, 6.07) is 6.11. The number of amides is 1. The highest BCUT2D eigenvalue weighted by atomic mass is 16.3. The Morgan fingerprint density at radius 3 is 2.71 bits per heavy atom. The van der Waals surface area contributed by atoms with E-state index in [1.807, 2.05) is 0 Å². The van der Waals surface area contributed by atoms with Crippen LogP contribution in [0.3, 0.4) is 0 Å². The number of carbonyl (C=O) groups is 1. The Hall–Kier alpha value is -1.35. The lowest BCUT2D eigenvalue weighted by Gasteiger charge is -2.11. The molecule has 1 amide bonds. The van der Waals surface area contributed by atoms with Crippen molar-refractivity contribution in [1.29, 1.82) is 0 Å². The lowest BCUT2D eigenvalue weighted by Crippen LogP contribution is -2.35. The number of benzene rings is 1. The summed E-state index contributed by atoms with van der Waals surface area (Å²) in [6.45, 7) is 5.90. The standard InChI is InChI=1S/C14H21NO2/c1-10-4-5-13(11(2)8-10)6-7-14(17)15-12(3)9-16/h4-5,8,12,16H,6-7,9H2,1-3H3,(H,15,17). The Morgan fingerprint density at radius 2 is 2.12 bits per heavy atom. The van der Waals surface area contributed by atoms with E-state index in [0.717, 1.165) is 6.42 Å². The molecule has 0 bridgehead atoms. The smallest absolute Gasteiger partial charge is 0.220 e. The van der Waals surface area contributed by atoms with Crippen molar-refractivity contribution in [2.45, 2.75) is 39.7 Å². The molecule has 0 aromatic heterocycles. The van der Waals surface area contributed by atoms with Crippen molar-refractivity contribution < 1.29 is 9.90 Å². The van der Waals surface area contributed by atoms with Crippen molar-refractivity contribution in [2.75, 3.05) is 6.61 Å². The van der Waals surface area contributed by atoms with Gasteiger partial charge in [0.25, 0.3) is 0 Å². The maximum absolute atomic E-state index is 11.5. The third-order valence-electron chi connectivity index (χ3n) is 2.80. The van der Waals surface area contributed by atoms with Gasteiger partial charge in [-0.05, 0) is 38.3 Å². The molecule has 0 saturated carbocycles. The molecule has 1 atom stereocenters. The second kappa shape index (κ2) is 6.40. The number of rotatable bonds is 5. The highest BCUT2D eigenvalue weighted by Crippen LogP contribution is 2.12. The Bertz CT molecular complexity index is 388. The van der Waals surface area contributed by atoms with Crippen molar-refractivity contribution in [2.24, 2.45) is 0 Å². The summed E-state index contributed by atoms with van der Waals surface area (Å²) in [6.07, 6.45) is 1.21. The van der Waals surface area contributed by atoms with Crippen molar-refractivity contribution in [3.8, 4) is 0 Å². The fraction of sp³-hybridized carbons (Fsp3) is 0.500. The van der Waals surface area contributed by atoms with Crippen molar-refractivity contribution in [3.63, 3.8) is 0 Å². The van der Waals surface area contributed by atoms with Crippen molar-refractivity contribution in [1.82, 2.24) is 5.32 Å². The largest absolute Gasteiger partial charge is 0.394 e. The lowest BCUT2D eigenvalue weighted by atomic mass is 10.0. The number of hydrogen-bond acceptors (Lipinski definition) is 2. The first-order valence-electron chi connectivity index (χ1n) is 5.99.